The molecule has 1 aromatic heterocycles. The third-order valence-electron chi connectivity index (χ3n) is 3.02. The molecule has 1 heterocycles. The molecule has 0 radical (unpaired) electrons. The molecule has 1 unspecified atom stereocenters. The average molecular weight is 245 g/mol. The second-order valence-electron chi connectivity index (χ2n) is 4.36. The normalized spacial score (nSPS) is 12.4. The van der Waals surface area contributed by atoms with Crippen molar-refractivity contribution in [2.24, 2.45) is 7.05 Å². The summed E-state index contributed by atoms with van der Waals surface area (Å²) in [4.78, 5) is 0. The van der Waals surface area contributed by atoms with E-state index in [1.807, 2.05) is 42.3 Å². The smallest absolute Gasteiger partial charge is 0.123 e. The molecule has 0 fully saturated rings. The van der Waals surface area contributed by atoms with Crippen LogP contribution in [0.1, 0.15) is 24.1 Å². The molecule has 1 atom stereocenters. The van der Waals surface area contributed by atoms with Gasteiger partial charge in [-0.3, -0.25) is 4.68 Å². The lowest BCUT2D eigenvalue weighted by molar-refractivity contribution is 0.406. The van der Waals surface area contributed by atoms with Crippen LogP contribution in [-0.4, -0.2) is 16.9 Å². The number of para-hydroxylation sites is 1. The lowest BCUT2D eigenvalue weighted by atomic mass is 10.1. The molecule has 0 amide bonds. The zero-order valence-corrected chi connectivity index (χ0v) is 11.1. The monoisotopic (exact) mass is 245 g/mol. The van der Waals surface area contributed by atoms with Crippen LogP contribution in [0.15, 0.2) is 36.7 Å². The third-order valence-corrected chi connectivity index (χ3v) is 3.02. The molecule has 0 aliphatic carbocycles. The number of aryl methyl sites for hydroxylation is 1. The zero-order chi connectivity index (χ0) is 13.0. The SMILES string of the molecule is COc1ccccc1CNC(C)c1cnn(C)c1. The molecule has 0 saturated carbocycles. The maximum Gasteiger partial charge on any atom is 0.123 e. The molecule has 0 bridgehead atoms. The molecular weight excluding hydrogens is 226 g/mol. The Labute approximate surface area is 108 Å². The van der Waals surface area contributed by atoms with E-state index in [-0.39, 0.29) is 6.04 Å². The molecule has 0 aliphatic rings. The van der Waals surface area contributed by atoms with Crippen molar-refractivity contribution < 1.29 is 4.74 Å². The van der Waals surface area contributed by atoms with Gasteiger partial charge in [0.15, 0.2) is 0 Å². The van der Waals surface area contributed by atoms with Crippen LogP contribution in [0.2, 0.25) is 0 Å². The van der Waals surface area contributed by atoms with Gasteiger partial charge in [-0.1, -0.05) is 18.2 Å². The molecule has 0 aliphatic heterocycles. The fourth-order valence-corrected chi connectivity index (χ4v) is 1.89. The molecule has 0 spiro atoms. The van der Waals surface area contributed by atoms with Gasteiger partial charge in [0, 0.05) is 37.0 Å². The third kappa shape index (κ3) is 2.90. The Morgan fingerprint density at radius 1 is 1.39 bits per heavy atom. The summed E-state index contributed by atoms with van der Waals surface area (Å²) in [6.07, 6.45) is 3.92. The Morgan fingerprint density at radius 3 is 2.83 bits per heavy atom. The molecule has 18 heavy (non-hydrogen) atoms. The largest absolute Gasteiger partial charge is 0.496 e. The molecule has 96 valence electrons. The summed E-state index contributed by atoms with van der Waals surface area (Å²) in [5, 5.41) is 7.65. The number of hydrogen-bond donors (Lipinski definition) is 1. The summed E-state index contributed by atoms with van der Waals surface area (Å²) in [7, 11) is 3.62. The van der Waals surface area contributed by atoms with Crippen LogP contribution in [0.5, 0.6) is 5.75 Å². The van der Waals surface area contributed by atoms with Crippen molar-refractivity contribution in [2.45, 2.75) is 19.5 Å². The first-order chi connectivity index (χ1) is 8.70. The Morgan fingerprint density at radius 2 is 2.17 bits per heavy atom. The number of benzene rings is 1. The summed E-state index contributed by atoms with van der Waals surface area (Å²) >= 11 is 0. The van der Waals surface area contributed by atoms with E-state index in [2.05, 4.69) is 23.4 Å². The van der Waals surface area contributed by atoms with E-state index in [0.717, 1.165) is 17.9 Å². The maximum absolute atomic E-state index is 5.33. The molecule has 1 N–H and O–H groups in total. The quantitative estimate of drug-likeness (QED) is 0.878. The van der Waals surface area contributed by atoms with Gasteiger partial charge in [-0.05, 0) is 13.0 Å². The number of nitrogens with one attached hydrogen (secondary N) is 1. The topological polar surface area (TPSA) is 39.1 Å². The fourth-order valence-electron chi connectivity index (χ4n) is 1.89. The van der Waals surface area contributed by atoms with E-state index in [9.17, 15) is 0 Å². The Bertz CT molecular complexity index is 507. The van der Waals surface area contributed by atoms with Crippen LogP contribution in [0, 0.1) is 0 Å². The highest BCUT2D eigenvalue weighted by atomic mass is 16.5. The standard InChI is InChI=1S/C14H19N3O/c1-11(13-9-16-17(2)10-13)15-8-12-6-4-5-7-14(12)18-3/h4-7,9-11,15H,8H2,1-3H3. The lowest BCUT2D eigenvalue weighted by Gasteiger charge is -2.14. The van der Waals surface area contributed by atoms with E-state index in [4.69, 9.17) is 4.74 Å². The van der Waals surface area contributed by atoms with Crippen LogP contribution in [0.4, 0.5) is 0 Å². The molecule has 4 heteroatoms. The summed E-state index contributed by atoms with van der Waals surface area (Å²) in [6.45, 7) is 2.91. The Balaban J connectivity index is 1.99. The second-order valence-corrected chi connectivity index (χ2v) is 4.36. The maximum atomic E-state index is 5.33. The first-order valence-corrected chi connectivity index (χ1v) is 6.04. The minimum absolute atomic E-state index is 0.267. The van der Waals surface area contributed by atoms with Gasteiger partial charge in [-0.2, -0.15) is 5.10 Å². The van der Waals surface area contributed by atoms with Crippen LogP contribution in [0.25, 0.3) is 0 Å². The highest BCUT2D eigenvalue weighted by Gasteiger charge is 2.08. The lowest BCUT2D eigenvalue weighted by Crippen LogP contribution is -2.18. The number of aromatic nitrogens is 2. The summed E-state index contributed by atoms with van der Waals surface area (Å²) in [5.41, 5.74) is 2.35. The molecule has 0 saturated heterocycles. The number of methoxy groups -OCH3 is 1. The molecule has 2 aromatic rings. The van der Waals surface area contributed by atoms with Crippen LogP contribution >= 0.6 is 0 Å². The number of ether oxygens (including phenoxy) is 1. The van der Waals surface area contributed by atoms with Gasteiger partial charge in [-0.15, -0.1) is 0 Å². The number of rotatable bonds is 5. The summed E-state index contributed by atoms with van der Waals surface area (Å²) in [5.74, 6) is 0.920. The Hall–Kier alpha value is -1.81. The summed E-state index contributed by atoms with van der Waals surface area (Å²) < 4.78 is 7.15. The number of nitrogens with zero attached hydrogens (tertiary/aromatic N) is 2. The van der Waals surface area contributed by atoms with Crippen molar-refractivity contribution in [1.29, 1.82) is 0 Å². The van der Waals surface area contributed by atoms with Crippen molar-refractivity contribution in [3.05, 3.63) is 47.8 Å². The summed E-state index contributed by atoms with van der Waals surface area (Å²) in [6, 6.07) is 8.32. The van der Waals surface area contributed by atoms with Gasteiger partial charge in [0.2, 0.25) is 0 Å². The zero-order valence-electron chi connectivity index (χ0n) is 11.1. The Kier molecular flexibility index (Phi) is 3.99. The first kappa shape index (κ1) is 12.6. The number of hydrogen-bond acceptors (Lipinski definition) is 3. The van der Waals surface area contributed by atoms with E-state index >= 15 is 0 Å². The van der Waals surface area contributed by atoms with Crippen molar-refractivity contribution >= 4 is 0 Å². The van der Waals surface area contributed by atoms with Gasteiger partial charge >= 0.3 is 0 Å². The van der Waals surface area contributed by atoms with Crippen LogP contribution in [0.3, 0.4) is 0 Å². The molecule has 1 aromatic carbocycles. The minimum Gasteiger partial charge on any atom is -0.496 e. The molecule has 2 rings (SSSR count). The van der Waals surface area contributed by atoms with Gasteiger partial charge in [0.1, 0.15) is 5.75 Å². The molecular formula is C14H19N3O. The average Bonchev–Trinajstić information content (AvgIpc) is 2.83. The van der Waals surface area contributed by atoms with Crippen LogP contribution in [-0.2, 0) is 13.6 Å². The van der Waals surface area contributed by atoms with Gasteiger partial charge in [0.25, 0.3) is 0 Å². The van der Waals surface area contributed by atoms with E-state index < -0.39 is 0 Å². The van der Waals surface area contributed by atoms with Crippen LogP contribution < -0.4 is 10.1 Å². The van der Waals surface area contributed by atoms with Crippen molar-refractivity contribution in [2.75, 3.05) is 7.11 Å². The highest BCUT2D eigenvalue weighted by Crippen LogP contribution is 2.18. The van der Waals surface area contributed by atoms with Gasteiger partial charge in [-0.25, -0.2) is 0 Å². The molecule has 4 nitrogen and oxygen atoms in total. The fraction of sp³-hybridized carbons (Fsp3) is 0.357. The van der Waals surface area contributed by atoms with E-state index in [0.29, 0.717) is 0 Å². The van der Waals surface area contributed by atoms with Crippen molar-refractivity contribution in [3.8, 4) is 5.75 Å². The minimum atomic E-state index is 0.267. The van der Waals surface area contributed by atoms with Gasteiger partial charge < -0.3 is 10.1 Å². The van der Waals surface area contributed by atoms with Crippen molar-refractivity contribution in [3.63, 3.8) is 0 Å². The van der Waals surface area contributed by atoms with Gasteiger partial charge in [0.05, 0.1) is 13.3 Å². The first-order valence-electron chi connectivity index (χ1n) is 6.04. The van der Waals surface area contributed by atoms with Crippen molar-refractivity contribution in [1.82, 2.24) is 15.1 Å². The van der Waals surface area contributed by atoms with E-state index in [1.54, 1.807) is 7.11 Å². The second kappa shape index (κ2) is 5.69. The predicted octanol–water partition coefficient (Wildman–Crippen LogP) is 2.28. The van der Waals surface area contributed by atoms with E-state index in [1.165, 1.54) is 5.56 Å². The predicted molar refractivity (Wildman–Crippen MR) is 71.5 cm³/mol. The highest BCUT2D eigenvalue weighted by molar-refractivity contribution is 5.33.